The first kappa shape index (κ1) is 19.5. The predicted octanol–water partition coefficient (Wildman–Crippen LogP) is 1.34. The fourth-order valence-corrected chi connectivity index (χ4v) is 3.62. The molecule has 2 saturated heterocycles. The van der Waals surface area contributed by atoms with Gasteiger partial charge in [0.25, 0.3) is 5.91 Å². The molecule has 0 aliphatic carbocycles. The number of aliphatic imine (C=N–C) groups is 1. The average Bonchev–Trinajstić information content (AvgIpc) is 3.30. The summed E-state index contributed by atoms with van der Waals surface area (Å²) in [6.45, 7) is 4.46. The van der Waals surface area contributed by atoms with Gasteiger partial charge in [0.1, 0.15) is 5.75 Å². The minimum atomic E-state index is -0.0576. The summed E-state index contributed by atoms with van der Waals surface area (Å²) in [5.74, 6) is 1.56. The lowest BCUT2D eigenvalue weighted by Crippen LogP contribution is -2.41. The SMILES string of the molecule is CN=C(NCc1cccc(OCC(=O)N(C)C)c1)N1CCC2(CCOC2)C1. The van der Waals surface area contributed by atoms with E-state index in [2.05, 4.69) is 15.2 Å². The number of rotatable bonds is 5. The number of benzene rings is 1. The summed E-state index contributed by atoms with van der Waals surface area (Å²) >= 11 is 0. The molecular formula is C20H30N4O3. The Morgan fingerprint density at radius 3 is 2.96 bits per heavy atom. The van der Waals surface area contributed by atoms with Crippen LogP contribution >= 0.6 is 0 Å². The third-order valence-electron chi connectivity index (χ3n) is 5.34. The van der Waals surface area contributed by atoms with Crippen molar-refractivity contribution in [3.05, 3.63) is 29.8 Å². The summed E-state index contributed by atoms with van der Waals surface area (Å²) in [4.78, 5) is 20.0. The summed E-state index contributed by atoms with van der Waals surface area (Å²) in [5, 5.41) is 3.45. The number of guanidine groups is 1. The molecule has 2 fully saturated rings. The number of carbonyl (C=O) groups is 1. The molecular weight excluding hydrogens is 344 g/mol. The number of ether oxygens (including phenoxy) is 2. The van der Waals surface area contributed by atoms with Gasteiger partial charge in [-0.1, -0.05) is 12.1 Å². The molecule has 2 heterocycles. The molecule has 148 valence electrons. The smallest absolute Gasteiger partial charge is 0.259 e. The van der Waals surface area contributed by atoms with Crippen LogP contribution in [0.25, 0.3) is 0 Å². The fourth-order valence-electron chi connectivity index (χ4n) is 3.62. The molecule has 0 aromatic heterocycles. The number of amides is 1. The molecule has 7 heteroatoms. The Labute approximate surface area is 161 Å². The quantitative estimate of drug-likeness (QED) is 0.622. The normalized spacial score (nSPS) is 22.3. The van der Waals surface area contributed by atoms with Crippen molar-refractivity contribution in [2.24, 2.45) is 10.4 Å². The summed E-state index contributed by atoms with van der Waals surface area (Å²) in [6, 6.07) is 7.80. The Balaban J connectivity index is 1.53. The van der Waals surface area contributed by atoms with Gasteiger partial charge in [0.2, 0.25) is 0 Å². The third-order valence-corrected chi connectivity index (χ3v) is 5.34. The van der Waals surface area contributed by atoms with Gasteiger partial charge < -0.3 is 24.6 Å². The number of likely N-dealkylation sites (N-methyl/N-ethyl adjacent to an activating group) is 1. The van der Waals surface area contributed by atoms with Crippen molar-refractivity contribution in [1.29, 1.82) is 0 Å². The van der Waals surface area contributed by atoms with Crippen LogP contribution in [-0.2, 0) is 16.1 Å². The first-order chi connectivity index (χ1) is 13.0. The molecule has 2 aliphatic heterocycles. The number of nitrogens with one attached hydrogen (secondary N) is 1. The number of carbonyl (C=O) groups excluding carboxylic acids is 1. The summed E-state index contributed by atoms with van der Waals surface area (Å²) < 4.78 is 11.2. The van der Waals surface area contributed by atoms with Crippen LogP contribution in [0.15, 0.2) is 29.3 Å². The second-order valence-electron chi connectivity index (χ2n) is 7.60. The number of hydrogen-bond donors (Lipinski definition) is 1. The van der Waals surface area contributed by atoms with E-state index in [0.717, 1.165) is 50.7 Å². The van der Waals surface area contributed by atoms with Crippen molar-refractivity contribution >= 4 is 11.9 Å². The van der Waals surface area contributed by atoms with E-state index in [1.54, 1.807) is 14.1 Å². The second-order valence-corrected chi connectivity index (χ2v) is 7.60. The Morgan fingerprint density at radius 1 is 1.41 bits per heavy atom. The first-order valence-electron chi connectivity index (χ1n) is 9.47. The van der Waals surface area contributed by atoms with E-state index in [1.807, 2.05) is 31.3 Å². The molecule has 1 spiro atoms. The van der Waals surface area contributed by atoms with Crippen LogP contribution in [0.3, 0.4) is 0 Å². The monoisotopic (exact) mass is 374 g/mol. The van der Waals surface area contributed by atoms with Gasteiger partial charge in [0.15, 0.2) is 12.6 Å². The van der Waals surface area contributed by atoms with Gasteiger partial charge in [-0.2, -0.15) is 0 Å². The molecule has 1 amide bonds. The molecule has 7 nitrogen and oxygen atoms in total. The molecule has 1 N–H and O–H groups in total. The molecule has 1 aromatic carbocycles. The zero-order chi connectivity index (χ0) is 19.3. The van der Waals surface area contributed by atoms with E-state index in [1.165, 1.54) is 4.90 Å². The lowest BCUT2D eigenvalue weighted by Gasteiger charge is -2.25. The van der Waals surface area contributed by atoms with Crippen LogP contribution < -0.4 is 10.1 Å². The Hall–Kier alpha value is -2.28. The highest BCUT2D eigenvalue weighted by Crippen LogP contribution is 2.38. The topological polar surface area (TPSA) is 66.4 Å². The molecule has 3 rings (SSSR count). The maximum atomic E-state index is 11.7. The lowest BCUT2D eigenvalue weighted by molar-refractivity contribution is -0.130. The van der Waals surface area contributed by atoms with Gasteiger partial charge in [0, 0.05) is 52.8 Å². The van der Waals surface area contributed by atoms with Crippen molar-refractivity contribution in [2.75, 3.05) is 54.1 Å². The zero-order valence-electron chi connectivity index (χ0n) is 16.5. The van der Waals surface area contributed by atoms with E-state index < -0.39 is 0 Å². The lowest BCUT2D eigenvalue weighted by atomic mass is 9.87. The van der Waals surface area contributed by atoms with Gasteiger partial charge in [-0.3, -0.25) is 9.79 Å². The van der Waals surface area contributed by atoms with Crippen LogP contribution in [-0.4, -0.2) is 75.7 Å². The average molecular weight is 374 g/mol. The van der Waals surface area contributed by atoms with Crippen LogP contribution in [0, 0.1) is 5.41 Å². The van der Waals surface area contributed by atoms with Gasteiger partial charge in [-0.25, -0.2) is 0 Å². The maximum Gasteiger partial charge on any atom is 0.259 e. The van der Waals surface area contributed by atoms with Gasteiger partial charge >= 0.3 is 0 Å². The first-order valence-corrected chi connectivity index (χ1v) is 9.47. The summed E-state index contributed by atoms with van der Waals surface area (Å²) in [7, 11) is 5.26. The van der Waals surface area contributed by atoms with E-state index >= 15 is 0 Å². The molecule has 1 atom stereocenters. The fraction of sp³-hybridized carbons (Fsp3) is 0.600. The standard InChI is InChI=1S/C20H30N4O3/c1-21-19(24-9-7-20(14-24)8-10-26-15-20)22-12-16-5-4-6-17(11-16)27-13-18(25)23(2)3/h4-6,11H,7-10,12-15H2,1-3H3,(H,21,22). The minimum Gasteiger partial charge on any atom is -0.484 e. The highest BCUT2D eigenvalue weighted by Gasteiger charge is 2.42. The van der Waals surface area contributed by atoms with E-state index in [9.17, 15) is 4.79 Å². The number of nitrogens with zero attached hydrogens (tertiary/aromatic N) is 3. The van der Waals surface area contributed by atoms with E-state index in [-0.39, 0.29) is 12.5 Å². The van der Waals surface area contributed by atoms with Gasteiger partial charge in [-0.15, -0.1) is 0 Å². The number of likely N-dealkylation sites (tertiary alicyclic amines) is 1. The molecule has 0 saturated carbocycles. The van der Waals surface area contributed by atoms with E-state index in [0.29, 0.717) is 17.7 Å². The van der Waals surface area contributed by atoms with Crippen LogP contribution in [0.4, 0.5) is 0 Å². The molecule has 2 aliphatic rings. The predicted molar refractivity (Wildman–Crippen MR) is 105 cm³/mol. The molecule has 0 radical (unpaired) electrons. The Kier molecular flexibility index (Phi) is 6.21. The van der Waals surface area contributed by atoms with Crippen LogP contribution in [0.2, 0.25) is 0 Å². The summed E-state index contributed by atoms with van der Waals surface area (Å²) in [6.07, 6.45) is 2.31. The Bertz CT molecular complexity index is 684. The minimum absolute atomic E-state index is 0.0451. The van der Waals surface area contributed by atoms with Crippen LogP contribution in [0.5, 0.6) is 5.75 Å². The maximum absolute atomic E-state index is 11.7. The van der Waals surface area contributed by atoms with E-state index in [4.69, 9.17) is 9.47 Å². The van der Waals surface area contributed by atoms with Crippen molar-refractivity contribution in [2.45, 2.75) is 19.4 Å². The largest absolute Gasteiger partial charge is 0.484 e. The Morgan fingerprint density at radius 2 is 2.26 bits per heavy atom. The highest BCUT2D eigenvalue weighted by molar-refractivity contribution is 5.80. The molecule has 0 bridgehead atoms. The zero-order valence-corrected chi connectivity index (χ0v) is 16.5. The third kappa shape index (κ3) is 4.91. The second kappa shape index (κ2) is 8.61. The highest BCUT2D eigenvalue weighted by atomic mass is 16.5. The molecule has 1 aromatic rings. The number of hydrogen-bond acceptors (Lipinski definition) is 4. The van der Waals surface area contributed by atoms with Crippen molar-refractivity contribution in [3.8, 4) is 5.75 Å². The van der Waals surface area contributed by atoms with Crippen LogP contribution in [0.1, 0.15) is 18.4 Å². The molecule has 1 unspecified atom stereocenters. The summed E-state index contributed by atoms with van der Waals surface area (Å²) in [5.41, 5.74) is 1.40. The van der Waals surface area contributed by atoms with Gasteiger partial charge in [0.05, 0.1) is 6.61 Å². The van der Waals surface area contributed by atoms with Crippen molar-refractivity contribution < 1.29 is 14.3 Å². The van der Waals surface area contributed by atoms with Crippen molar-refractivity contribution in [3.63, 3.8) is 0 Å². The molecule has 27 heavy (non-hydrogen) atoms. The van der Waals surface area contributed by atoms with Crippen molar-refractivity contribution in [1.82, 2.24) is 15.1 Å². The van der Waals surface area contributed by atoms with Gasteiger partial charge in [-0.05, 0) is 30.5 Å².